The summed E-state index contributed by atoms with van der Waals surface area (Å²) in [6.45, 7) is 7.41. The molecule has 2 amide bonds. The van der Waals surface area contributed by atoms with Gasteiger partial charge in [-0.1, -0.05) is 0 Å². The number of Topliss-reactive ketones (excluding diaryl/α,β-unsaturated/α-hetero) is 1. The standard InChI is InChI=1S/C26H29N5O3/c1-25(2,3)31-15-19-12-26(13-21(32)22(19)29-31)6-8-30(9-7-26)24(34)18-11-17-10-16(23(27)33)4-5-20(17)28-14-18/h4-5,10-11,14-15H,6-9,12-13H2,1-3H3,(H2,27,33). The van der Waals surface area contributed by atoms with Crippen LogP contribution >= 0.6 is 0 Å². The van der Waals surface area contributed by atoms with Crippen molar-refractivity contribution in [3.05, 3.63) is 59.0 Å². The van der Waals surface area contributed by atoms with E-state index in [1.807, 2.05) is 15.8 Å². The quantitative estimate of drug-likeness (QED) is 0.632. The van der Waals surface area contributed by atoms with E-state index in [1.165, 1.54) is 0 Å². The van der Waals surface area contributed by atoms with Crippen LogP contribution in [0.3, 0.4) is 0 Å². The maximum atomic E-state index is 13.2. The van der Waals surface area contributed by atoms with Crippen molar-refractivity contribution in [1.82, 2.24) is 19.7 Å². The largest absolute Gasteiger partial charge is 0.366 e. The number of primary amides is 1. The predicted octanol–water partition coefficient (Wildman–Crippen LogP) is 3.34. The molecule has 5 rings (SSSR count). The van der Waals surface area contributed by atoms with Gasteiger partial charge in [-0.05, 0) is 69.7 Å². The van der Waals surface area contributed by atoms with Crippen molar-refractivity contribution in [3.63, 3.8) is 0 Å². The fraction of sp³-hybridized carbons (Fsp3) is 0.423. The van der Waals surface area contributed by atoms with Crippen molar-refractivity contribution in [1.29, 1.82) is 0 Å². The van der Waals surface area contributed by atoms with Crippen LogP contribution in [0.4, 0.5) is 0 Å². The number of carbonyl (C=O) groups is 3. The first kappa shape index (κ1) is 22.3. The average Bonchev–Trinajstić information content (AvgIpc) is 3.23. The first-order chi connectivity index (χ1) is 16.0. The van der Waals surface area contributed by atoms with E-state index in [-0.39, 0.29) is 22.6 Å². The summed E-state index contributed by atoms with van der Waals surface area (Å²) < 4.78 is 1.89. The zero-order chi connectivity index (χ0) is 24.3. The molecule has 1 aliphatic heterocycles. The number of piperidine rings is 1. The second-order valence-corrected chi connectivity index (χ2v) is 10.7. The van der Waals surface area contributed by atoms with Crippen molar-refractivity contribution in [2.45, 2.75) is 52.0 Å². The minimum atomic E-state index is -0.516. The molecule has 1 fully saturated rings. The summed E-state index contributed by atoms with van der Waals surface area (Å²) in [5.41, 5.74) is 8.29. The van der Waals surface area contributed by atoms with E-state index in [4.69, 9.17) is 5.73 Å². The monoisotopic (exact) mass is 459 g/mol. The van der Waals surface area contributed by atoms with E-state index in [0.29, 0.717) is 47.2 Å². The number of ketones is 1. The summed E-state index contributed by atoms with van der Waals surface area (Å²) in [6.07, 6.45) is 6.45. The first-order valence-electron chi connectivity index (χ1n) is 11.7. The highest BCUT2D eigenvalue weighted by molar-refractivity contribution is 6.00. The second-order valence-electron chi connectivity index (χ2n) is 10.7. The van der Waals surface area contributed by atoms with Crippen molar-refractivity contribution in [2.24, 2.45) is 11.1 Å². The predicted molar refractivity (Wildman–Crippen MR) is 128 cm³/mol. The van der Waals surface area contributed by atoms with Gasteiger partial charge < -0.3 is 10.6 Å². The Hall–Kier alpha value is -3.55. The van der Waals surface area contributed by atoms with Crippen LogP contribution in [-0.2, 0) is 12.0 Å². The number of hydrogen-bond donors (Lipinski definition) is 1. The molecule has 0 bridgehead atoms. The van der Waals surface area contributed by atoms with Crippen molar-refractivity contribution in [2.75, 3.05) is 13.1 Å². The summed E-state index contributed by atoms with van der Waals surface area (Å²) in [4.78, 5) is 43.9. The minimum absolute atomic E-state index is 0.0860. The Morgan fingerprint density at radius 3 is 2.44 bits per heavy atom. The summed E-state index contributed by atoms with van der Waals surface area (Å²) >= 11 is 0. The third-order valence-electron chi connectivity index (χ3n) is 7.17. The van der Waals surface area contributed by atoms with Gasteiger partial charge in [0, 0.05) is 48.4 Å². The number of carbonyl (C=O) groups excluding carboxylic acids is 3. The molecule has 1 spiro atoms. The van der Waals surface area contributed by atoms with Gasteiger partial charge in [0.1, 0.15) is 5.69 Å². The van der Waals surface area contributed by atoms with Gasteiger partial charge >= 0.3 is 0 Å². The highest BCUT2D eigenvalue weighted by Crippen LogP contribution is 2.43. The van der Waals surface area contributed by atoms with E-state index in [0.717, 1.165) is 24.8 Å². The van der Waals surface area contributed by atoms with Crippen LogP contribution in [0.1, 0.15) is 76.8 Å². The van der Waals surface area contributed by atoms with Gasteiger partial charge in [0.25, 0.3) is 5.91 Å². The highest BCUT2D eigenvalue weighted by Gasteiger charge is 2.43. The maximum absolute atomic E-state index is 13.2. The number of aromatic nitrogens is 3. The van der Waals surface area contributed by atoms with Crippen LogP contribution in [0, 0.1) is 5.41 Å². The highest BCUT2D eigenvalue weighted by atomic mass is 16.2. The fourth-order valence-corrected chi connectivity index (χ4v) is 5.13. The molecule has 2 aromatic heterocycles. The Balaban J connectivity index is 1.32. The number of benzene rings is 1. The van der Waals surface area contributed by atoms with Crippen LogP contribution in [0.15, 0.2) is 36.7 Å². The van der Waals surface area contributed by atoms with Crippen LogP contribution in [-0.4, -0.2) is 50.4 Å². The maximum Gasteiger partial charge on any atom is 0.255 e. The van der Waals surface area contributed by atoms with Crippen LogP contribution in [0.5, 0.6) is 0 Å². The summed E-state index contributed by atoms with van der Waals surface area (Å²) in [5, 5.41) is 5.28. The molecule has 0 radical (unpaired) electrons. The zero-order valence-corrected chi connectivity index (χ0v) is 19.8. The Morgan fingerprint density at radius 2 is 1.76 bits per heavy atom. The van der Waals surface area contributed by atoms with Gasteiger partial charge in [0.15, 0.2) is 5.78 Å². The lowest BCUT2D eigenvalue weighted by Gasteiger charge is -2.43. The number of pyridine rings is 1. The van der Waals surface area contributed by atoms with E-state index in [9.17, 15) is 14.4 Å². The number of nitrogens with two attached hydrogens (primary N) is 1. The molecular formula is C26H29N5O3. The van der Waals surface area contributed by atoms with Crippen LogP contribution in [0.2, 0.25) is 0 Å². The van der Waals surface area contributed by atoms with E-state index in [1.54, 1.807) is 30.5 Å². The minimum Gasteiger partial charge on any atom is -0.366 e. The molecule has 8 heteroatoms. The lowest BCUT2D eigenvalue weighted by Crippen LogP contribution is -2.46. The molecule has 34 heavy (non-hydrogen) atoms. The molecule has 1 aliphatic carbocycles. The molecule has 3 heterocycles. The molecule has 1 aromatic carbocycles. The molecule has 0 saturated carbocycles. The van der Waals surface area contributed by atoms with E-state index >= 15 is 0 Å². The average molecular weight is 460 g/mol. The van der Waals surface area contributed by atoms with Crippen molar-refractivity contribution < 1.29 is 14.4 Å². The number of amides is 2. The summed E-state index contributed by atoms with van der Waals surface area (Å²) in [6, 6.07) is 6.78. The smallest absolute Gasteiger partial charge is 0.255 e. The van der Waals surface area contributed by atoms with Crippen LogP contribution in [0.25, 0.3) is 10.9 Å². The molecule has 2 N–H and O–H groups in total. The molecule has 3 aromatic rings. The van der Waals surface area contributed by atoms with Gasteiger partial charge in [-0.2, -0.15) is 5.10 Å². The third kappa shape index (κ3) is 3.87. The summed E-state index contributed by atoms with van der Waals surface area (Å²) in [7, 11) is 0. The number of rotatable bonds is 2. The normalized spacial score (nSPS) is 17.7. The van der Waals surface area contributed by atoms with Gasteiger partial charge in [0.2, 0.25) is 5.91 Å². The lowest BCUT2D eigenvalue weighted by atomic mass is 9.67. The van der Waals surface area contributed by atoms with Crippen molar-refractivity contribution >= 4 is 28.5 Å². The molecule has 8 nitrogen and oxygen atoms in total. The number of likely N-dealkylation sites (tertiary alicyclic amines) is 1. The SMILES string of the molecule is CC(C)(C)n1cc2c(n1)C(=O)CC1(CCN(C(=O)c3cnc4ccc(C(N)=O)cc4c3)CC1)C2. The van der Waals surface area contributed by atoms with Crippen LogP contribution < -0.4 is 5.73 Å². The van der Waals surface area contributed by atoms with E-state index < -0.39 is 5.91 Å². The number of hydrogen-bond acceptors (Lipinski definition) is 5. The molecule has 176 valence electrons. The molecule has 0 unspecified atom stereocenters. The molecular weight excluding hydrogens is 430 g/mol. The Morgan fingerprint density at radius 1 is 1.06 bits per heavy atom. The third-order valence-corrected chi connectivity index (χ3v) is 7.17. The molecule has 0 atom stereocenters. The Bertz CT molecular complexity index is 1330. The molecule has 2 aliphatic rings. The Kier molecular flexibility index (Phi) is 5.07. The Labute approximate surface area is 198 Å². The number of fused-ring (bicyclic) bond motifs is 2. The molecule has 1 saturated heterocycles. The summed E-state index contributed by atoms with van der Waals surface area (Å²) in [5.74, 6) is -0.497. The first-order valence-corrected chi connectivity index (χ1v) is 11.7. The second kappa shape index (κ2) is 7.75. The van der Waals surface area contributed by atoms with Gasteiger partial charge in [0.05, 0.1) is 16.6 Å². The van der Waals surface area contributed by atoms with Gasteiger partial charge in [-0.25, -0.2) is 0 Å². The number of nitrogens with zero attached hydrogens (tertiary/aromatic N) is 4. The van der Waals surface area contributed by atoms with E-state index in [2.05, 4.69) is 30.9 Å². The topological polar surface area (TPSA) is 111 Å². The van der Waals surface area contributed by atoms with Gasteiger partial charge in [-0.15, -0.1) is 0 Å². The lowest BCUT2D eigenvalue weighted by molar-refractivity contribution is 0.0519. The van der Waals surface area contributed by atoms with Gasteiger partial charge in [-0.3, -0.25) is 24.0 Å². The van der Waals surface area contributed by atoms with Crippen molar-refractivity contribution in [3.8, 4) is 0 Å². The zero-order valence-electron chi connectivity index (χ0n) is 19.8. The fourth-order valence-electron chi connectivity index (χ4n) is 5.13.